The molecule has 1 rings (SSSR count). The Bertz CT molecular complexity index is 421. The molecule has 0 atom stereocenters. The van der Waals surface area contributed by atoms with Gasteiger partial charge in [0.1, 0.15) is 0 Å². The Hall–Kier alpha value is -0.505. The van der Waals surface area contributed by atoms with E-state index in [2.05, 4.69) is 0 Å². The van der Waals surface area contributed by atoms with Crippen molar-refractivity contribution in [2.45, 2.75) is 13.2 Å². The molecule has 0 heterocycles. The fraction of sp³-hybridized carbons (Fsp3) is 0.250. The van der Waals surface area contributed by atoms with Gasteiger partial charge in [-0.25, -0.2) is 0 Å². The fourth-order valence-electron chi connectivity index (χ4n) is 0.814. The standard InChI is InChI=1S/C8H10BClO2/c1-2-6-3-4-7(9(11)12)8(10)5-6/h3-5,11-12H,2H2,1H3/i1D3,2D2. The van der Waals surface area contributed by atoms with Crippen LogP contribution < -0.4 is 5.46 Å². The molecular formula is C8H10BClO2. The molecule has 4 heteroatoms. The summed E-state index contributed by atoms with van der Waals surface area (Å²) >= 11 is 5.71. The molecule has 0 unspecified atom stereocenters. The first-order chi connectivity index (χ1) is 7.57. The molecule has 2 nitrogen and oxygen atoms in total. The Morgan fingerprint density at radius 3 is 2.92 bits per heavy atom. The molecule has 64 valence electrons. The lowest BCUT2D eigenvalue weighted by molar-refractivity contribution is 0.426. The van der Waals surface area contributed by atoms with E-state index in [-0.39, 0.29) is 16.0 Å². The first kappa shape index (κ1) is 4.65. The summed E-state index contributed by atoms with van der Waals surface area (Å²) in [6, 6.07) is 3.45. The monoisotopic (exact) mass is 189 g/mol. The third-order valence-corrected chi connectivity index (χ3v) is 1.75. The number of rotatable bonds is 2. The van der Waals surface area contributed by atoms with E-state index in [9.17, 15) is 0 Å². The van der Waals surface area contributed by atoms with E-state index in [1.165, 1.54) is 12.1 Å². The van der Waals surface area contributed by atoms with Gasteiger partial charge in [0.2, 0.25) is 0 Å². The minimum absolute atomic E-state index is 0.00300. The van der Waals surface area contributed by atoms with Gasteiger partial charge in [-0.1, -0.05) is 30.6 Å². The number of halogens is 1. The van der Waals surface area contributed by atoms with Gasteiger partial charge in [0.05, 0.1) is 0 Å². The van der Waals surface area contributed by atoms with Crippen molar-refractivity contribution in [3.63, 3.8) is 0 Å². The summed E-state index contributed by atoms with van der Waals surface area (Å²) in [5, 5.41) is 17.8. The van der Waals surface area contributed by atoms with Crippen LogP contribution in [0, 0.1) is 0 Å². The Morgan fingerprint density at radius 1 is 1.67 bits per heavy atom. The average Bonchev–Trinajstić information content (AvgIpc) is 2.14. The number of hydrogen-bond donors (Lipinski definition) is 2. The van der Waals surface area contributed by atoms with Crippen LogP contribution in [0.1, 0.15) is 19.3 Å². The Kier molecular flexibility index (Phi) is 1.53. The zero-order valence-corrected chi connectivity index (χ0v) is 6.84. The lowest BCUT2D eigenvalue weighted by Crippen LogP contribution is -2.30. The second-order valence-corrected chi connectivity index (χ2v) is 2.64. The Labute approximate surface area is 84.0 Å². The van der Waals surface area contributed by atoms with Crippen LogP contribution in [0.15, 0.2) is 18.2 Å². The van der Waals surface area contributed by atoms with E-state index in [0.29, 0.717) is 0 Å². The third kappa shape index (κ3) is 2.00. The summed E-state index contributed by atoms with van der Waals surface area (Å²) in [6.45, 7) is -2.82. The van der Waals surface area contributed by atoms with Crippen LogP contribution in [0.25, 0.3) is 0 Å². The molecule has 12 heavy (non-hydrogen) atoms. The molecule has 0 fully saturated rings. The number of benzene rings is 1. The predicted octanol–water partition coefficient (Wildman–Crippen LogP) is 0.582. The van der Waals surface area contributed by atoms with Crippen molar-refractivity contribution >= 4 is 24.2 Å². The van der Waals surface area contributed by atoms with Crippen LogP contribution in [0.4, 0.5) is 0 Å². The van der Waals surface area contributed by atoms with Gasteiger partial charge < -0.3 is 10.0 Å². The molecule has 1 aromatic rings. The maximum absolute atomic E-state index is 8.92. The summed E-state index contributed by atoms with van der Waals surface area (Å²) < 4.78 is 36.3. The second kappa shape index (κ2) is 3.94. The van der Waals surface area contributed by atoms with Gasteiger partial charge in [-0.05, 0) is 18.0 Å². The molecule has 0 aliphatic carbocycles. The zero-order valence-electron chi connectivity index (χ0n) is 11.1. The van der Waals surface area contributed by atoms with E-state index >= 15 is 0 Å². The van der Waals surface area contributed by atoms with Crippen LogP contribution in [0.2, 0.25) is 5.02 Å². The Morgan fingerprint density at radius 2 is 2.42 bits per heavy atom. The van der Waals surface area contributed by atoms with Gasteiger partial charge in [-0.2, -0.15) is 0 Å². The summed E-state index contributed by atoms with van der Waals surface area (Å²) in [6.07, 6.45) is -2.55. The molecule has 0 bridgehead atoms. The molecule has 0 radical (unpaired) electrons. The molecule has 2 N–H and O–H groups in total. The van der Waals surface area contributed by atoms with E-state index in [1.807, 2.05) is 0 Å². The zero-order chi connectivity index (χ0) is 13.4. The molecule has 0 amide bonds. The maximum atomic E-state index is 8.92. The number of hydrogen-bond acceptors (Lipinski definition) is 2. The van der Waals surface area contributed by atoms with Gasteiger partial charge in [0, 0.05) is 17.3 Å². The number of aryl methyl sites for hydroxylation is 1. The minimum atomic E-state index is -2.82. The van der Waals surface area contributed by atoms with Crippen molar-refractivity contribution in [1.29, 1.82) is 0 Å². The van der Waals surface area contributed by atoms with Crippen LogP contribution in [0.3, 0.4) is 0 Å². The van der Waals surface area contributed by atoms with E-state index < -0.39 is 20.3 Å². The molecule has 0 saturated heterocycles. The van der Waals surface area contributed by atoms with Crippen LogP contribution in [0.5, 0.6) is 0 Å². The lowest BCUT2D eigenvalue weighted by Gasteiger charge is -2.03. The molecule has 0 aliphatic heterocycles. The van der Waals surface area contributed by atoms with Gasteiger partial charge in [-0.15, -0.1) is 0 Å². The highest BCUT2D eigenvalue weighted by Gasteiger charge is 2.14. The van der Waals surface area contributed by atoms with Crippen molar-refractivity contribution in [2.75, 3.05) is 0 Å². The Balaban J connectivity index is 3.23. The summed E-state index contributed by atoms with van der Waals surface area (Å²) in [4.78, 5) is 0. The summed E-state index contributed by atoms with van der Waals surface area (Å²) in [5.74, 6) is 0. The highest BCUT2D eigenvalue weighted by molar-refractivity contribution is 6.62. The lowest BCUT2D eigenvalue weighted by atomic mass is 9.80. The SMILES string of the molecule is [2H]C([2H])([2H])C([2H])([2H])c1ccc(B(O)O)c(Cl)c1. The highest BCUT2D eigenvalue weighted by Crippen LogP contribution is 2.09. The van der Waals surface area contributed by atoms with E-state index in [1.54, 1.807) is 0 Å². The topological polar surface area (TPSA) is 40.5 Å². The smallest absolute Gasteiger partial charge is 0.423 e. The predicted molar refractivity (Wildman–Crippen MR) is 50.7 cm³/mol. The molecule has 0 saturated carbocycles. The van der Waals surface area contributed by atoms with E-state index in [4.69, 9.17) is 28.5 Å². The first-order valence-electron chi connectivity index (χ1n) is 5.73. The average molecular weight is 189 g/mol. The molecule has 0 aliphatic rings. The van der Waals surface area contributed by atoms with Crippen molar-refractivity contribution in [3.8, 4) is 0 Å². The van der Waals surface area contributed by atoms with Gasteiger partial charge in [-0.3, -0.25) is 0 Å². The molecule has 1 aromatic carbocycles. The minimum Gasteiger partial charge on any atom is -0.423 e. The molecular weight excluding hydrogens is 174 g/mol. The van der Waals surface area contributed by atoms with Gasteiger partial charge in [0.15, 0.2) is 0 Å². The van der Waals surface area contributed by atoms with Crippen LogP contribution in [-0.2, 0) is 6.37 Å². The van der Waals surface area contributed by atoms with Crippen molar-refractivity contribution in [3.05, 3.63) is 28.8 Å². The summed E-state index contributed by atoms with van der Waals surface area (Å²) in [7, 11) is -1.78. The second-order valence-electron chi connectivity index (χ2n) is 2.23. The third-order valence-electron chi connectivity index (χ3n) is 1.42. The summed E-state index contributed by atoms with van der Waals surface area (Å²) in [5.41, 5.74) is -0.136. The van der Waals surface area contributed by atoms with Crippen LogP contribution >= 0.6 is 11.6 Å². The maximum Gasteiger partial charge on any atom is 0.489 e. The van der Waals surface area contributed by atoms with Crippen molar-refractivity contribution < 1.29 is 16.9 Å². The fourth-order valence-corrected chi connectivity index (χ4v) is 1.09. The highest BCUT2D eigenvalue weighted by atomic mass is 35.5. The van der Waals surface area contributed by atoms with E-state index in [0.717, 1.165) is 6.07 Å². The normalized spacial score (nSPS) is 18.4. The van der Waals surface area contributed by atoms with Crippen molar-refractivity contribution in [1.82, 2.24) is 0 Å². The van der Waals surface area contributed by atoms with Gasteiger partial charge >= 0.3 is 7.12 Å². The van der Waals surface area contributed by atoms with Crippen molar-refractivity contribution in [2.24, 2.45) is 0 Å². The molecule has 0 aromatic heterocycles. The first-order valence-corrected chi connectivity index (χ1v) is 3.61. The molecule has 0 spiro atoms. The van der Waals surface area contributed by atoms with Gasteiger partial charge in [0.25, 0.3) is 0 Å². The largest absolute Gasteiger partial charge is 0.489 e. The van der Waals surface area contributed by atoms with Crippen LogP contribution in [-0.4, -0.2) is 17.2 Å². The quantitative estimate of drug-likeness (QED) is 0.668.